The van der Waals surface area contributed by atoms with Crippen LogP contribution in [0.4, 0.5) is 8.78 Å². The topological polar surface area (TPSA) is 83.2 Å². The van der Waals surface area contributed by atoms with E-state index >= 15 is 0 Å². The molecule has 1 aromatic rings. The van der Waals surface area contributed by atoms with Gasteiger partial charge in [0.2, 0.25) is 5.91 Å². The van der Waals surface area contributed by atoms with Gasteiger partial charge in [-0.05, 0) is 25.3 Å². The number of alkyl halides is 2. The number of nitriles is 1. The Labute approximate surface area is 155 Å². The maximum Gasteiger partial charge on any atom is 0.268 e. The Morgan fingerprint density at radius 1 is 1.22 bits per heavy atom. The molecule has 1 amide bonds. The van der Waals surface area contributed by atoms with E-state index in [4.69, 9.17) is 5.26 Å². The lowest BCUT2D eigenvalue weighted by atomic mass is 10.0. The van der Waals surface area contributed by atoms with Crippen molar-refractivity contribution in [2.45, 2.75) is 63.5 Å². The molecule has 6 nitrogen and oxygen atoms in total. The van der Waals surface area contributed by atoms with Crippen molar-refractivity contribution in [1.29, 1.82) is 5.26 Å². The summed E-state index contributed by atoms with van der Waals surface area (Å²) < 4.78 is 28.6. The molecule has 0 radical (unpaired) electrons. The van der Waals surface area contributed by atoms with E-state index in [0.717, 1.165) is 24.2 Å². The van der Waals surface area contributed by atoms with E-state index in [0.29, 0.717) is 24.2 Å². The quantitative estimate of drug-likeness (QED) is 0.754. The number of halogens is 2. The largest absolute Gasteiger partial charge is 0.320 e. The van der Waals surface area contributed by atoms with Crippen molar-refractivity contribution in [2.75, 3.05) is 6.54 Å². The van der Waals surface area contributed by atoms with Gasteiger partial charge in [-0.15, -0.1) is 0 Å². The van der Waals surface area contributed by atoms with E-state index in [1.54, 1.807) is 10.6 Å². The second-order valence-corrected chi connectivity index (χ2v) is 7.14. The predicted molar refractivity (Wildman–Crippen MR) is 92.5 cm³/mol. The summed E-state index contributed by atoms with van der Waals surface area (Å²) >= 11 is 0. The average Bonchev–Trinajstić information content (AvgIpc) is 2.80. The summed E-state index contributed by atoms with van der Waals surface area (Å²) in [5, 5.41) is 8.98. The Hall–Kier alpha value is -2.56. The summed E-state index contributed by atoms with van der Waals surface area (Å²) in [4.78, 5) is 37.8. The van der Waals surface area contributed by atoms with Crippen LogP contribution in [0.2, 0.25) is 0 Å². The van der Waals surface area contributed by atoms with Gasteiger partial charge in [0.1, 0.15) is 6.04 Å². The molecule has 1 atom stereocenters. The minimum absolute atomic E-state index is 0.135. The lowest BCUT2D eigenvalue weighted by Crippen LogP contribution is -2.36. The molecule has 0 spiro atoms. The van der Waals surface area contributed by atoms with Gasteiger partial charge in [0.05, 0.1) is 12.6 Å². The molecule has 2 aliphatic heterocycles. The first-order valence-corrected chi connectivity index (χ1v) is 9.15. The zero-order chi connectivity index (χ0) is 19.6. The predicted octanol–water partition coefficient (Wildman–Crippen LogP) is 2.30. The number of rotatable bonds is 4. The van der Waals surface area contributed by atoms with Gasteiger partial charge in [-0.3, -0.25) is 14.4 Å². The number of likely N-dealkylation sites (tertiary alicyclic amines) is 1. The summed E-state index contributed by atoms with van der Waals surface area (Å²) in [6.45, 7) is -0.213. The van der Waals surface area contributed by atoms with Crippen molar-refractivity contribution in [2.24, 2.45) is 0 Å². The molecule has 144 valence electrons. The minimum Gasteiger partial charge on any atom is -0.320 e. The molecule has 0 N–H and O–H groups in total. The maximum atomic E-state index is 13.5. The summed E-state index contributed by atoms with van der Waals surface area (Å²) in [5.41, 5.74) is 0.976. The molecule has 1 saturated heterocycles. The molecule has 0 aliphatic carbocycles. The lowest BCUT2D eigenvalue weighted by molar-refractivity contribution is -0.132. The zero-order valence-corrected chi connectivity index (χ0v) is 14.9. The molecule has 2 aliphatic rings. The van der Waals surface area contributed by atoms with E-state index < -0.39 is 30.8 Å². The maximum absolute atomic E-state index is 13.5. The fourth-order valence-corrected chi connectivity index (χ4v) is 3.82. The zero-order valence-electron chi connectivity index (χ0n) is 14.9. The number of carbonyl (C=O) groups is 2. The number of hydrogen-bond donors (Lipinski definition) is 0. The Morgan fingerprint density at radius 2 is 2.00 bits per heavy atom. The van der Waals surface area contributed by atoms with Gasteiger partial charge in [0, 0.05) is 43.1 Å². The average molecular weight is 377 g/mol. The lowest BCUT2D eigenvalue weighted by Gasteiger charge is -2.19. The molecule has 0 unspecified atom stereocenters. The van der Waals surface area contributed by atoms with Crippen molar-refractivity contribution < 1.29 is 18.4 Å². The van der Waals surface area contributed by atoms with Gasteiger partial charge in [0.15, 0.2) is 5.78 Å². The monoisotopic (exact) mass is 377 g/mol. The minimum atomic E-state index is -3.07. The van der Waals surface area contributed by atoms with Crippen molar-refractivity contribution >= 4 is 11.7 Å². The van der Waals surface area contributed by atoms with Crippen molar-refractivity contribution in [3.8, 4) is 6.07 Å². The van der Waals surface area contributed by atoms with E-state index in [1.165, 1.54) is 12.1 Å². The van der Waals surface area contributed by atoms with Crippen molar-refractivity contribution in [3.63, 3.8) is 0 Å². The van der Waals surface area contributed by atoms with Gasteiger partial charge in [-0.2, -0.15) is 5.26 Å². The Balaban J connectivity index is 1.71. The fourth-order valence-electron chi connectivity index (χ4n) is 3.82. The van der Waals surface area contributed by atoms with E-state index in [2.05, 4.69) is 0 Å². The number of ketones is 1. The smallest absolute Gasteiger partial charge is 0.268 e. The third-order valence-corrected chi connectivity index (χ3v) is 5.20. The summed E-state index contributed by atoms with van der Waals surface area (Å²) in [6, 6.07) is 3.42. The molecule has 1 fully saturated rings. The van der Waals surface area contributed by atoms with Gasteiger partial charge in [0.25, 0.3) is 11.5 Å². The number of carbonyl (C=O) groups excluding carboxylic acids is 2. The summed E-state index contributed by atoms with van der Waals surface area (Å²) in [7, 11) is 0. The van der Waals surface area contributed by atoms with Gasteiger partial charge in [-0.1, -0.05) is 6.42 Å². The van der Waals surface area contributed by atoms with Gasteiger partial charge >= 0.3 is 0 Å². The number of nitrogens with zero attached hydrogens (tertiary/aromatic N) is 3. The highest BCUT2D eigenvalue weighted by Gasteiger charge is 2.47. The first-order valence-electron chi connectivity index (χ1n) is 9.15. The van der Waals surface area contributed by atoms with Crippen LogP contribution in [0.25, 0.3) is 0 Å². The first kappa shape index (κ1) is 19.2. The highest BCUT2D eigenvalue weighted by molar-refractivity contribution is 5.99. The van der Waals surface area contributed by atoms with Crippen LogP contribution in [0, 0.1) is 11.3 Å². The normalized spacial score (nSPS) is 21.2. The molecular formula is C19H21F2N3O3. The number of aromatic nitrogens is 1. The van der Waals surface area contributed by atoms with Crippen molar-refractivity contribution in [1.82, 2.24) is 9.47 Å². The van der Waals surface area contributed by atoms with Crippen LogP contribution >= 0.6 is 0 Å². The van der Waals surface area contributed by atoms with E-state index in [-0.39, 0.29) is 24.2 Å². The Morgan fingerprint density at radius 3 is 2.74 bits per heavy atom. The Bertz CT molecular complexity index is 857. The van der Waals surface area contributed by atoms with Gasteiger partial charge < -0.3 is 9.47 Å². The summed E-state index contributed by atoms with van der Waals surface area (Å²) in [5.74, 6) is -3.97. The van der Waals surface area contributed by atoms with E-state index in [9.17, 15) is 23.2 Å². The van der Waals surface area contributed by atoms with Crippen LogP contribution in [-0.2, 0) is 17.8 Å². The Kier molecular flexibility index (Phi) is 5.40. The van der Waals surface area contributed by atoms with E-state index in [1.807, 2.05) is 0 Å². The number of hydrogen-bond acceptors (Lipinski definition) is 4. The highest BCUT2D eigenvalue weighted by Crippen LogP contribution is 2.32. The number of Topliss-reactive ketones (excluding diaryl/α,β-unsaturated/α-hetero) is 1. The van der Waals surface area contributed by atoms with Crippen LogP contribution in [-0.4, -0.2) is 39.7 Å². The van der Waals surface area contributed by atoms with Crippen LogP contribution in [0.5, 0.6) is 0 Å². The third-order valence-electron chi connectivity index (χ3n) is 5.20. The van der Waals surface area contributed by atoms with Crippen LogP contribution in [0.3, 0.4) is 0 Å². The second kappa shape index (κ2) is 7.59. The highest BCUT2D eigenvalue weighted by atomic mass is 19.3. The number of amides is 1. The fraction of sp³-hybridized carbons (Fsp3) is 0.579. The molecule has 3 rings (SSSR count). The number of pyridine rings is 1. The third kappa shape index (κ3) is 4.07. The van der Waals surface area contributed by atoms with Crippen molar-refractivity contribution in [3.05, 3.63) is 33.7 Å². The summed E-state index contributed by atoms with van der Waals surface area (Å²) in [6.07, 6.45) is 2.33. The first-order chi connectivity index (χ1) is 12.8. The molecule has 8 heteroatoms. The molecule has 1 aromatic heterocycles. The van der Waals surface area contributed by atoms with Crippen LogP contribution in [0.1, 0.15) is 54.6 Å². The molecule has 0 bridgehead atoms. The molecular weight excluding hydrogens is 356 g/mol. The SMILES string of the molecule is N#C[C@@H]1CC(F)(F)CN1C(=O)CCC(=O)c1ccc(=O)n2c1CCCCC2. The van der Waals surface area contributed by atoms with Crippen LogP contribution < -0.4 is 5.56 Å². The molecule has 0 aromatic carbocycles. The van der Waals surface area contributed by atoms with Crippen LogP contribution in [0.15, 0.2) is 16.9 Å². The van der Waals surface area contributed by atoms with Gasteiger partial charge in [-0.25, -0.2) is 8.78 Å². The second-order valence-electron chi connectivity index (χ2n) is 7.14. The molecule has 3 heterocycles. The molecule has 0 saturated carbocycles. The standard InChI is InChI=1S/C19H21F2N3O3/c20-19(21)10-13(11-22)24(12-19)18(27)8-6-16(25)14-5-7-17(26)23-9-3-1-2-4-15(14)23/h5,7,13H,1-4,6,8-10,12H2/t13-/m0/s1. The number of fused-ring (bicyclic) bond motifs is 1. The molecule has 27 heavy (non-hydrogen) atoms.